The lowest BCUT2D eigenvalue weighted by atomic mass is 10.1. The smallest absolute Gasteiger partial charge is 0.305 e. The monoisotopic (exact) mass is 238 g/mol. The van der Waals surface area contributed by atoms with Gasteiger partial charge in [0.05, 0.1) is 19.1 Å². The molecule has 1 atom stereocenters. The molecule has 0 bridgehead atoms. The van der Waals surface area contributed by atoms with E-state index in [9.17, 15) is 9.90 Å². The highest BCUT2D eigenvalue weighted by atomic mass is 16.5. The predicted octanol–water partition coefficient (Wildman–Crippen LogP) is 1.82. The van der Waals surface area contributed by atoms with Crippen LogP contribution in [0.3, 0.4) is 0 Å². The first-order valence-corrected chi connectivity index (χ1v) is 5.70. The maximum atomic E-state index is 10.3. The van der Waals surface area contributed by atoms with Crippen molar-refractivity contribution in [2.45, 2.75) is 32.0 Å². The highest BCUT2D eigenvalue weighted by Gasteiger charge is 2.08. The third-order valence-corrected chi connectivity index (χ3v) is 2.35. The Kier molecular flexibility index (Phi) is 6.29. The number of hydrogen-bond donors (Lipinski definition) is 2. The van der Waals surface area contributed by atoms with E-state index >= 15 is 0 Å². The van der Waals surface area contributed by atoms with Crippen molar-refractivity contribution >= 4 is 5.97 Å². The van der Waals surface area contributed by atoms with Crippen molar-refractivity contribution in [3.63, 3.8) is 0 Å². The Morgan fingerprint density at radius 2 is 2.00 bits per heavy atom. The zero-order valence-electron chi connectivity index (χ0n) is 9.71. The number of carbonyl (C=O) groups is 1. The molecule has 1 aromatic carbocycles. The Bertz CT molecular complexity index is 323. The van der Waals surface area contributed by atoms with Gasteiger partial charge in [0.25, 0.3) is 0 Å². The van der Waals surface area contributed by atoms with Crippen LogP contribution in [-0.2, 0) is 16.1 Å². The van der Waals surface area contributed by atoms with Crippen molar-refractivity contribution in [1.82, 2.24) is 0 Å². The average Bonchev–Trinajstić information content (AvgIpc) is 2.29. The summed E-state index contributed by atoms with van der Waals surface area (Å²) in [4.78, 5) is 10.3. The highest BCUT2D eigenvalue weighted by Crippen LogP contribution is 2.04. The summed E-state index contributed by atoms with van der Waals surface area (Å²) in [5.74, 6) is -0.970. The summed E-state index contributed by atoms with van der Waals surface area (Å²) in [6.45, 7) is 1.08. The third-order valence-electron chi connectivity index (χ3n) is 2.35. The molecule has 94 valence electrons. The Balaban J connectivity index is 2.03. The van der Waals surface area contributed by atoms with Crippen LogP contribution in [0, 0.1) is 0 Å². The molecule has 2 N–H and O–H groups in total. The summed E-state index contributed by atoms with van der Waals surface area (Å²) >= 11 is 0. The first-order valence-electron chi connectivity index (χ1n) is 5.70. The van der Waals surface area contributed by atoms with Gasteiger partial charge in [0, 0.05) is 6.61 Å². The first-order chi connectivity index (χ1) is 8.18. The molecule has 1 unspecified atom stereocenters. The zero-order valence-corrected chi connectivity index (χ0v) is 9.71. The number of carboxylic acids is 1. The van der Waals surface area contributed by atoms with Crippen LogP contribution in [0.4, 0.5) is 0 Å². The maximum absolute atomic E-state index is 10.3. The fraction of sp³-hybridized carbons (Fsp3) is 0.462. The van der Waals surface area contributed by atoms with Gasteiger partial charge in [0.1, 0.15) is 0 Å². The minimum Gasteiger partial charge on any atom is -0.481 e. The SMILES string of the molecule is O=C(O)CC(O)CCCOCc1ccccc1. The number of rotatable bonds is 8. The van der Waals surface area contributed by atoms with E-state index in [2.05, 4.69) is 0 Å². The van der Waals surface area contributed by atoms with Gasteiger partial charge < -0.3 is 14.9 Å². The van der Waals surface area contributed by atoms with Gasteiger partial charge in [-0.3, -0.25) is 4.79 Å². The van der Waals surface area contributed by atoms with Crippen molar-refractivity contribution < 1.29 is 19.7 Å². The van der Waals surface area contributed by atoms with Crippen LogP contribution in [0.1, 0.15) is 24.8 Å². The summed E-state index contributed by atoms with van der Waals surface area (Å²) in [5.41, 5.74) is 1.11. The van der Waals surface area contributed by atoms with Crippen LogP contribution in [0.25, 0.3) is 0 Å². The minimum absolute atomic E-state index is 0.196. The van der Waals surface area contributed by atoms with Gasteiger partial charge in [-0.05, 0) is 18.4 Å². The number of hydrogen-bond acceptors (Lipinski definition) is 3. The van der Waals surface area contributed by atoms with Crippen molar-refractivity contribution in [2.75, 3.05) is 6.61 Å². The molecular formula is C13H18O4. The van der Waals surface area contributed by atoms with Gasteiger partial charge in [0.2, 0.25) is 0 Å². The molecule has 0 aliphatic carbocycles. The Morgan fingerprint density at radius 1 is 1.29 bits per heavy atom. The zero-order chi connectivity index (χ0) is 12.5. The van der Waals surface area contributed by atoms with E-state index in [1.54, 1.807) is 0 Å². The molecule has 4 nitrogen and oxygen atoms in total. The van der Waals surface area contributed by atoms with Crippen molar-refractivity contribution in [2.24, 2.45) is 0 Å². The largest absolute Gasteiger partial charge is 0.481 e. The summed E-state index contributed by atoms with van der Waals surface area (Å²) in [6.07, 6.45) is 0.161. The number of benzene rings is 1. The Hall–Kier alpha value is -1.39. The molecule has 0 aromatic heterocycles. The Morgan fingerprint density at radius 3 is 2.65 bits per heavy atom. The maximum Gasteiger partial charge on any atom is 0.305 e. The lowest BCUT2D eigenvalue weighted by molar-refractivity contribution is -0.139. The van der Waals surface area contributed by atoms with Gasteiger partial charge in [0.15, 0.2) is 0 Å². The second-order valence-electron chi connectivity index (χ2n) is 3.93. The van der Waals surface area contributed by atoms with Crippen LogP contribution >= 0.6 is 0 Å². The summed E-state index contributed by atoms with van der Waals surface area (Å²) < 4.78 is 5.42. The van der Waals surface area contributed by atoms with Gasteiger partial charge in [-0.2, -0.15) is 0 Å². The molecule has 0 saturated heterocycles. The van der Waals surface area contributed by atoms with E-state index in [1.807, 2.05) is 30.3 Å². The number of ether oxygens (including phenoxy) is 1. The van der Waals surface area contributed by atoms with Crippen LogP contribution in [0.15, 0.2) is 30.3 Å². The second kappa shape index (κ2) is 7.81. The van der Waals surface area contributed by atoms with E-state index in [4.69, 9.17) is 9.84 Å². The molecule has 1 aromatic rings. The van der Waals surface area contributed by atoms with Crippen molar-refractivity contribution in [3.05, 3.63) is 35.9 Å². The fourth-order valence-electron chi connectivity index (χ4n) is 1.49. The second-order valence-corrected chi connectivity index (χ2v) is 3.93. The molecule has 17 heavy (non-hydrogen) atoms. The van der Waals surface area contributed by atoms with Crippen LogP contribution in [0.2, 0.25) is 0 Å². The minimum atomic E-state index is -0.970. The lowest BCUT2D eigenvalue weighted by Crippen LogP contribution is -2.13. The van der Waals surface area contributed by atoms with E-state index in [0.29, 0.717) is 26.1 Å². The number of aliphatic carboxylic acids is 1. The molecule has 0 fully saturated rings. The number of aliphatic hydroxyl groups is 1. The number of carboxylic acid groups (broad SMARTS) is 1. The lowest BCUT2D eigenvalue weighted by Gasteiger charge is -2.08. The molecular weight excluding hydrogens is 220 g/mol. The third kappa shape index (κ3) is 6.71. The van der Waals surface area contributed by atoms with E-state index in [-0.39, 0.29) is 6.42 Å². The van der Waals surface area contributed by atoms with E-state index in [0.717, 1.165) is 5.56 Å². The Labute approximate surface area is 101 Å². The molecule has 0 radical (unpaired) electrons. The standard InChI is InChI=1S/C13H18O4/c14-12(9-13(15)16)7-4-8-17-10-11-5-2-1-3-6-11/h1-3,5-6,12,14H,4,7-10H2,(H,15,16). The molecule has 0 heterocycles. The number of aliphatic hydroxyl groups excluding tert-OH is 1. The first kappa shape index (κ1) is 13.7. The van der Waals surface area contributed by atoms with Gasteiger partial charge in [-0.1, -0.05) is 30.3 Å². The summed E-state index contributed by atoms with van der Waals surface area (Å²) in [6, 6.07) is 9.83. The van der Waals surface area contributed by atoms with E-state index in [1.165, 1.54) is 0 Å². The summed E-state index contributed by atoms with van der Waals surface area (Å²) in [5, 5.41) is 17.7. The van der Waals surface area contributed by atoms with Crippen molar-refractivity contribution in [1.29, 1.82) is 0 Å². The van der Waals surface area contributed by atoms with Crippen LogP contribution in [0.5, 0.6) is 0 Å². The normalized spacial score (nSPS) is 12.3. The van der Waals surface area contributed by atoms with Gasteiger partial charge >= 0.3 is 5.97 Å². The molecule has 0 aliphatic heterocycles. The molecule has 0 saturated carbocycles. The topological polar surface area (TPSA) is 66.8 Å². The molecule has 4 heteroatoms. The fourth-order valence-corrected chi connectivity index (χ4v) is 1.49. The summed E-state index contributed by atoms with van der Waals surface area (Å²) in [7, 11) is 0. The molecule has 0 spiro atoms. The molecule has 0 amide bonds. The van der Waals surface area contributed by atoms with Crippen LogP contribution in [-0.4, -0.2) is 28.9 Å². The predicted molar refractivity (Wildman–Crippen MR) is 63.6 cm³/mol. The van der Waals surface area contributed by atoms with E-state index < -0.39 is 12.1 Å². The quantitative estimate of drug-likeness (QED) is 0.678. The average molecular weight is 238 g/mol. The van der Waals surface area contributed by atoms with Gasteiger partial charge in [-0.25, -0.2) is 0 Å². The molecule has 0 aliphatic rings. The molecule has 1 rings (SSSR count). The highest BCUT2D eigenvalue weighted by molar-refractivity contribution is 5.67. The van der Waals surface area contributed by atoms with Gasteiger partial charge in [-0.15, -0.1) is 0 Å². The van der Waals surface area contributed by atoms with Crippen LogP contribution < -0.4 is 0 Å². The van der Waals surface area contributed by atoms with Crippen molar-refractivity contribution in [3.8, 4) is 0 Å².